The van der Waals surface area contributed by atoms with Gasteiger partial charge in [0, 0.05) is 11.7 Å². The van der Waals surface area contributed by atoms with Crippen molar-refractivity contribution < 1.29 is 9.18 Å². The molecule has 0 spiro atoms. The zero-order valence-corrected chi connectivity index (χ0v) is 13.5. The van der Waals surface area contributed by atoms with E-state index in [0.717, 1.165) is 24.1 Å². The smallest absolute Gasteiger partial charge is 0.261 e. The van der Waals surface area contributed by atoms with E-state index in [2.05, 4.69) is 0 Å². The lowest BCUT2D eigenvalue weighted by atomic mass is 9.95. The second-order valence-electron chi connectivity index (χ2n) is 5.43. The highest BCUT2D eigenvalue weighted by Crippen LogP contribution is 2.35. The highest BCUT2D eigenvalue weighted by atomic mass is 35.5. The first-order valence-corrected chi connectivity index (χ1v) is 7.80. The van der Waals surface area contributed by atoms with Crippen LogP contribution >= 0.6 is 23.2 Å². The molecule has 2 aromatic carbocycles. The van der Waals surface area contributed by atoms with Crippen LogP contribution in [-0.2, 0) is 6.42 Å². The van der Waals surface area contributed by atoms with Gasteiger partial charge in [0.15, 0.2) is 0 Å². The molecule has 0 radical (unpaired) electrons. The number of hydrogen-bond donors (Lipinski definition) is 0. The van der Waals surface area contributed by atoms with Gasteiger partial charge in [-0.05, 0) is 55.7 Å². The number of aryl methyl sites for hydroxylation is 1. The molecule has 2 nitrogen and oxygen atoms in total. The lowest BCUT2D eigenvalue weighted by molar-refractivity contribution is 0.0975. The Hall–Kier alpha value is -1.58. The zero-order chi connectivity index (χ0) is 15.9. The molecule has 22 heavy (non-hydrogen) atoms. The third-order valence-corrected chi connectivity index (χ3v) is 4.60. The monoisotopic (exact) mass is 337 g/mol. The lowest BCUT2D eigenvalue weighted by Crippen LogP contribution is -2.42. The van der Waals surface area contributed by atoms with Crippen molar-refractivity contribution in [3.05, 3.63) is 63.4 Å². The first kappa shape index (κ1) is 15.3. The van der Waals surface area contributed by atoms with Crippen LogP contribution in [0.3, 0.4) is 0 Å². The summed E-state index contributed by atoms with van der Waals surface area (Å²) in [6.07, 6.45) is 1.51. The van der Waals surface area contributed by atoms with Gasteiger partial charge in [0.05, 0.1) is 15.6 Å². The van der Waals surface area contributed by atoms with Crippen LogP contribution in [0.25, 0.3) is 0 Å². The molecule has 1 aliphatic rings. The van der Waals surface area contributed by atoms with Gasteiger partial charge < -0.3 is 4.90 Å². The van der Waals surface area contributed by atoms with Crippen LogP contribution in [-0.4, -0.2) is 11.9 Å². The molecule has 3 rings (SSSR count). The number of nitrogens with zero attached hydrogens (tertiary/aromatic N) is 1. The maximum Gasteiger partial charge on any atom is 0.261 e. The van der Waals surface area contributed by atoms with Crippen molar-refractivity contribution in [3.8, 4) is 0 Å². The Labute approximate surface area is 138 Å². The Morgan fingerprint density at radius 1 is 1.23 bits per heavy atom. The average Bonchev–Trinajstić information content (AvgIpc) is 2.47. The lowest BCUT2D eigenvalue weighted by Gasteiger charge is -2.35. The molecule has 0 N–H and O–H groups in total. The summed E-state index contributed by atoms with van der Waals surface area (Å²) < 4.78 is 13.4. The molecule has 1 aliphatic heterocycles. The fourth-order valence-electron chi connectivity index (χ4n) is 2.85. The molecule has 1 amide bonds. The third kappa shape index (κ3) is 2.59. The number of carbonyl (C=O) groups excluding carboxylic acids is 1. The molecule has 2 aromatic rings. The van der Waals surface area contributed by atoms with E-state index in [-0.39, 0.29) is 23.3 Å². The van der Waals surface area contributed by atoms with E-state index >= 15 is 0 Å². The van der Waals surface area contributed by atoms with Crippen molar-refractivity contribution in [2.75, 3.05) is 4.90 Å². The van der Waals surface area contributed by atoms with Gasteiger partial charge in [-0.15, -0.1) is 0 Å². The minimum atomic E-state index is -0.295. The van der Waals surface area contributed by atoms with Crippen LogP contribution in [0.4, 0.5) is 10.1 Å². The van der Waals surface area contributed by atoms with Crippen LogP contribution in [0.2, 0.25) is 10.0 Å². The fraction of sp³-hybridized carbons (Fsp3) is 0.235. The molecular formula is C17H14Cl2FNO. The van der Waals surface area contributed by atoms with Crippen molar-refractivity contribution in [3.63, 3.8) is 0 Å². The average molecular weight is 338 g/mol. The van der Waals surface area contributed by atoms with Gasteiger partial charge in [0.25, 0.3) is 5.91 Å². The Morgan fingerprint density at radius 3 is 2.59 bits per heavy atom. The topological polar surface area (TPSA) is 20.3 Å². The summed E-state index contributed by atoms with van der Waals surface area (Å²) in [5.74, 6) is -0.549. The highest BCUT2D eigenvalue weighted by Gasteiger charge is 2.31. The number of carbonyl (C=O) groups is 1. The molecule has 1 heterocycles. The van der Waals surface area contributed by atoms with Gasteiger partial charge in [-0.3, -0.25) is 4.79 Å². The predicted molar refractivity (Wildman–Crippen MR) is 87.5 cm³/mol. The zero-order valence-electron chi connectivity index (χ0n) is 11.9. The van der Waals surface area contributed by atoms with Gasteiger partial charge in [-0.25, -0.2) is 4.39 Å². The molecular weight excluding hydrogens is 324 g/mol. The molecule has 0 bridgehead atoms. The first-order chi connectivity index (χ1) is 10.5. The van der Waals surface area contributed by atoms with Gasteiger partial charge in [-0.2, -0.15) is 0 Å². The number of fused-ring (bicyclic) bond motifs is 1. The van der Waals surface area contributed by atoms with Gasteiger partial charge in [0.1, 0.15) is 5.82 Å². The van der Waals surface area contributed by atoms with Crippen LogP contribution in [0.5, 0.6) is 0 Å². The molecule has 114 valence electrons. The van der Waals surface area contributed by atoms with E-state index in [0.29, 0.717) is 10.0 Å². The predicted octanol–water partition coefficient (Wildman–Crippen LogP) is 5.11. The summed E-state index contributed by atoms with van der Waals surface area (Å²) in [7, 11) is 0. The van der Waals surface area contributed by atoms with Crippen LogP contribution in [0.15, 0.2) is 36.4 Å². The molecule has 5 heteroatoms. The summed E-state index contributed by atoms with van der Waals surface area (Å²) in [6, 6.07) is 9.47. The second-order valence-corrected chi connectivity index (χ2v) is 6.25. The number of benzene rings is 2. The largest absolute Gasteiger partial charge is 0.305 e. The normalized spacial score (nSPS) is 17.3. The van der Waals surface area contributed by atoms with E-state index in [9.17, 15) is 9.18 Å². The minimum absolute atomic E-state index is 0.00204. The molecule has 0 aliphatic carbocycles. The Kier molecular flexibility index (Phi) is 4.11. The second kappa shape index (κ2) is 5.90. The number of amides is 1. The van der Waals surface area contributed by atoms with E-state index in [4.69, 9.17) is 23.2 Å². The van der Waals surface area contributed by atoms with Gasteiger partial charge >= 0.3 is 0 Å². The van der Waals surface area contributed by atoms with Crippen molar-refractivity contribution in [1.82, 2.24) is 0 Å². The summed E-state index contributed by atoms with van der Waals surface area (Å²) in [6.45, 7) is 1.97. The number of halogens is 3. The summed E-state index contributed by atoms with van der Waals surface area (Å²) in [5, 5.41) is 0.637. The van der Waals surface area contributed by atoms with Crippen molar-refractivity contribution in [2.24, 2.45) is 0 Å². The Bertz CT molecular complexity index is 727. The first-order valence-electron chi connectivity index (χ1n) is 7.05. The van der Waals surface area contributed by atoms with E-state index in [1.807, 2.05) is 6.92 Å². The van der Waals surface area contributed by atoms with E-state index in [1.165, 1.54) is 12.1 Å². The van der Waals surface area contributed by atoms with E-state index < -0.39 is 0 Å². The van der Waals surface area contributed by atoms with Crippen molar-refractivity contribution in [2.45, 2.75) is 25.8 Å². The molecule has 0 saturated carbocycles. The van der Waals surface area contributed by atoms with Crippen molar-refractivity contribution in [1.29, 1.82) is 0 Å². The Balaban J connectivity index is 2.10. The minimum Gasteiger partial charge on any atom is -0.305 e. The molecule has 1 unspecified atom stereocenters. The van der Waals surface area contributed by atoms with E-state index in [1.54, 1.807) is 29.2 Å². The summed E-state index contributed by atoms with van der Waals surface area (Å²) in [5.41, 5.74) is 1.84. The van der Waals surface area contributed by atoms with Crippen LogP contribution in [0.1, 0.15) is 29.3 Å². The SMILES string of the molecule is CC1CCc2cc(F)ccc2N1C(=O)c1c(Cl)cccc1Cl. The molecule has 1 atom stereocenters. The molecule has 0 saturated heterocycles. The van der Waals surface area contributed by atoms with Crippen LogP contribution in [0, 0.1) is 5.82 Å². The summed E-state index contributed by atoms with van der Waals surface area (Å²) >= 11 is 12.3. The maximum atomic E-state index is 13.4. The van der Waals surface area contributed by atoms with Crippen molar-refractivity contribution >= 4 is 34.8 Å². The van der Waals surface area contributed by atoms with Gasteiger partial charge in [-0.1, -0.05) is 29.3 Å². The van der Waals surface area contributed by atoms with Crippen LogP contribution < -0.4 is 4.90 Å². The quantitative estimate of drug-likeness (QED) is 0.707. The molecule has 0 aromatic heterocycles. The third-order valence-electron chi connectivity index (χ3n) is 3.97. The maximum absolute atomic E-state index is 13.4. The summed E-state index contributed by atoms with van der Waals surface area (Å²) in [4.78, 5) is 14.6. The number of hydrogen-bond acceptors (Lipinski definition) is 1. The Morgan fingerprint density at radius 2 is 1.91 bits per heavy atom. The highest BCUT2D eigenvalue weighted by molar-refractivity contribution is 6.40. The number of rotatable bonds is 1. The molecule has 0 fully saturated rings. The van der Waals surface area contributed by atoms with Gasteiger partial charge in [0.2, 0.25) is 0 Å². The number of anilines is 1. The fourth-order valence-corrected chi connectivity index (χ4v) is 3.41. The standard InChI is InChI=1S/C17H14Cl2FNO/c1-10-5-6-11-9-12(20)7-8-15(11)21(10)17(22)16-13(18)3-2-4-14(16)19/h2-4,7-10H,5-6H2,1H3.